The SMILES string of the molecule is Cc1ccc(CC2(O)CCN(C(=O)/C=C\n3nc(C(F)(F)F)c(Cl)c3C)CC2)cc1. The fourth-order valence-corrected chi connectivity index (χ4v) is 3.70. The van der Waals surface area contributed by atoms with E-state index in [0.29, 0.717) is 32.4 Å². The number of nitrogens with zero attached hydrogens (tertiary/aromatic N) is 3. The van der Waals surface area contributed by atoms with Gasteiger partial charge >= 0.3 is 6.18 Å². The third-order valence-corrected chi connectivity index (χ3v) is 5.82. The number of halogens is 4. The summed E-state index contributed by atoms with van der Waals surface area (Å²) >= 11 is 5.71. The Kier molecular flexibility index (Phi) is 6.29. The number of aryl methyl sites for hydroxylation is 1. The quantitative estimate of drug-likeness (QED) is 0.722. The number of carbonyl (C=O) groups excluding carboxylic acids is 1. The molecule has 30 heavy (non-hydrogen) atoms. The van der Waals surface area contributed by atoms with Crippen molar-refractivity contribution in [1.82, 2.24) is 14.7 Å². The summed E-state index contributed by atoms with van der Waals surface area (Å²) in [5, 5.41) is 13.8. The van der Waals surface area contributed by atoms with Crippen LogP contribution in [0.1, 0.15) is 35.4 Å². The van der Waals surface area contributed by atoms with Gasteiger partial charge in [-0.1, -0.05) is 41.4 Å². The second kappa shape index (κ2) is 8.43. The van der Waals surface area contributed by atoms with Gasteiger partial charge < -0.3 is 10.0 Å². The molecule has 3 rings (SSSR count). The van der Waals surface area contributed by atoms with E-state index in [9.17, 15) is 23.1 Å². The molecule has 2 aromatic rings. The zero-order chi connectivity index (χ0) is 22.1. The van der Waals surface area contributed by atoms with Crippen LogP contribution in [0.5, 0.6) is 0 Å². The second-order valence-corrected chi connectivity index (χ2v) is 8.10. The van der Waals surface area contributed by atoms with E-state index in [1.165, 1.54) is 19.2 Å². The van der Waals surface area contributed by atoms with E-state index in [4.69, 9.17) is 11.6 Å². The number of aromatic nitrogens is 2. The standard InChI is InChI=1S/C21H23ClF3N3O2/c1-14-3-5-16(6-4-14)13-20(30)8-11-27(12-9-20)17(29)7-10-28-15(2)18(22)19(26-28)21(23,24)25/h3-7,10,30H,8-9,11-13H2,1-2H3/b10-7-. The van der Waals surface area contributed by atoms with Crippen LogP contribution in [-0.4, -0.2) is 44.4 Å². The summed E-state index contributed by atoms with van der Waals surface area (Å²) in [7, 11) is 0. The summed E-state index contributed by atoms with van der Waals surface area (Å²) in [6.45, 7) is 4.11. The molecule has 0 unspecified atom stereocenters. The minimum atomic E-state index is -4.67. The van der Waals surface area contributed by atoms with Crippen molar-refractivity contribution in [2.45, 2.75) is 44.9 Å². The summed E-state index contributed by atoms with van der Waals surface area (Å²) in [4.78, 5) is 14.0. The monoisotopic (exact) mass is 441 g/mol. The van der Waals surface area contributed by atoms with E-state index < -0.39 is 22.5 Å². The molecule has 1 N–H and O–H groups in total. The van der Waals surface area contributed by atoms with Crippen LogP contribution in [0.4, 0.5) is 13.2 Å². The first-order chi connectivity index (χ1) is 14.0. The molecule has 0 atom stereocenters. The number of benzene rings is 1. The molecule has 1 aliphatic rings. The molecule has 162 valence electrons. The third-order valence-electron chi connectivity index (χ3n) is 5.36. The zero-order valence-electron chi connectivity index (χ0n) is 16.7. The molecule has 1 amide bonds. The third kappa shape index (κ3) is 5.05. The Morgan fingerprint density at radius 2 is 1.83 bits per heavy atom. The van der Waals surface area contributed by atoms with E-state index in [0.717, 1.165) is 15.8 Å². The van der Waals surface area contributed by atoms with Gasteiger partial charge in [0.2, 0.25) is 5.91 Å². The Morgan fingerprint density at radius 3 is 2.37 bits per heavy atom. The average Bonchev–Trinajstić information content (AvgIpc) is 2.97. The van der Waals surface area contributed by atoms with Gasteiger partial charge in [-0.2, -0.15) is 18.3 Å². The molecular weight excluding hydrogens is 419 g/mol. The normalized spacial score (nSPS) is 17.0. The predicted molar refractivity (Wildman–Crippen MR) is 108 cm³/mol. The second-order valence-electron chi connectivity index (χ2n) is 7.72. The summed E-state index contributed by atoms with van der Waals surface area (Å²) in [6, 6.07) is 7.96. The van der Waals surface area contributed by atoms with Crippen LogP contribution in [0.25, 0.3) is 6.20 Å². The predicted octanol–water partition coefficient (Wildman–Crippen LogP) is 4.24. The van der Waals surface area contributed by atoms with Crippen molar-refractivity contribution in [2.75, 3.05) is 13.1 Å². The first-order valence-corrected chi connectivity index (χ1v) is 9.93. The molecule has 0 radical (unpaired) electrons. The van der Waals surface area contributed by atoms with E-state index in [1.807, 2.05) is 31.2 Å². The van der Waals surface area contributed by atoms with Gasteiger partial charge in [-0.25, -0.2) is 4.68 Å². The highest BCUT2D eigenvalue weighted by molar-refractivity contribution is 6.32. The van der Waals surface area contributed by atoms with Crippen LogP contribution in [0.3, 0.4) is 0 Å². The minimum absolute atomic E-state index is 0.0964. The van der Waals surface area contributed by atoms with Gasteiger partial charge in [0, 0.05) is 31.8 Å². The number of piperidine rings is 1. The highest BCUT2D eigenvalue weighted by Crippen LogP contribution is 2.35. The highest BCUT2D eigenvalue weighted by Gasteiger charge is 2.38. The van der Waals surface area contributed by atoms with Crippen molar-refractivity contribution >= 4 is 23.7 Å². The van der Waals surface area contributed by atoms with Crippen molar-refractivity contribution in [1.29, 1.82) is 0 Å². The lowest BCUT2D eigenvalue weighted by Gasteiger charge is -2.38. The lowest BCUT2D eigenvalue weighted by atomic mass is 9.85. The number of hydrogen-bond acceptors (Lipinski definition) is 3. The molecule has 0 aliphatic carbocycles. The molecule has 0 saturated carbocycles. The number of rotatable bonds is 4. The number of likely N-dealkylation sites (tertiary alicyclic amines) is 1. The first-order valence-electron chi connectivity index (χ1n) is 9.55. The molecule has 1 aromatic carbocycles. The number of hydrogen-bond donors (Lipinski definition) is 1. The summed E-state index contributed by atoms with van der Waals surface area (Å²) in [5.74, 6) is -0.355. The molecule has 9 heteroatoms. The fourth-order valence-electron chi connectivity index (χ4n) is 3.47. The Hall–Kier alpha value is -2.32. The summed E-state index contributed by atoms with van der Waals surface area (Å²) < 4.78 is 39.6. The molecule has 0 spiro atoms. The Labute approximate surface area is 177 Å². The zero-order valence-corrected chi connectivity index (χ0v) is 17.5. The number of alkyl halides is 3. The maximum Gasteiger partial charge on any atom is 0.436 e. The lowest BCUT2D eigenvalue weighted by molar-refractivity contribution is -0.141. The fraction of sp³-hybridized carbons (Fsp3) is 0.429. The average molecular weight is 442 g/mol. The van der Waals surface area contributed by atoms with Gasteiger partial charge in [0.25, 0.3) is 0 Å². The smallest absolute Gasteiger partial charge is 0.389 e. The first kappa shape index (κ1) is 22.4. The van der Waals surface area contributed by atoms with Crippen LogP contribution >= 0.6 is 11.6 Å². The van der Waals surface area contributed by atoms with Gasteiger partial charge in [0.1, 0.15) is 0 Å². The Bertz CT molecular complexity index is 944. The van der Waals surface area contributed by atoms with E-state index in [1.54, 1.807) is 4.90 Å². The number of amides is 1. The highest BCUT2D eigenvalue weighted by atomic mass is 35.5. The van der Waals surface area contributed by atoms with E-state index in [2.05, 4.69) is 5.10 Å². The van der Waals surface area contributed by atoms with Gasteiger partial charge in [0.05, 0.1) is 16.3 Å². The largest absolute Gasteiger partial charge is 0.436 e. The Morgan fingerprint density at radius 1 is 1.23 bits per heavy atom. The van der Waals surface area contributed by atoms with E-state index in [-0.39, 0.29) is 11.6 Å². The maximum atomic E-state index is 12.9. The topological polar surface area (TPSA) is 58.4 Å². The molecule has 0 bridgehead atoms. The molecular formula is C21H23ClF3N3O2. The summed E-state index contributed by atoms with van der Waals surface area (Å²) in [6.07, 6.45) is -0.973. The number of carbonyl (C=O) groups is 1. The van der Waals surface area contributed by atoms with Gasteiger partial charge in [-0.05, 0) is 32.3 Å². The van der Waals surface area contributed by atoms with E-state index >= 15 is 0 Å². The van der Waals surface area contributed by atoms with Crippen molar-refractivity contribution in [3.05, 3.63) is 57.9 Å². The van der Waals surface area contributed by atoms with Crippen LogP contribution < -0.4 is 0 Å². The van der Waals surface area contributed by atoms with Crippen LogP contribution in [0.15, 0.2) is 30.3 Å². The van der Waals surface area contributed by atoms with Crippen molar-refractivity contribution in [2.24, 2.45) is 0 Å². The molecule has 5 nitrogen and oxygen atoms in total. The molecule has 1 aromatic heterocycles. The van der Waals surface area contributed by atoms with Crippen LogP contribution in [-0.2, 0) is 17.4 Å². The van der Waals surface area contributed by atoms with Gasteiger partial charge in [-0.15, -0.1) is 0 Å². The minimum Gasteiger partial charge on any atom is -0.389 e. The van der Waals surface area contributed by atoms with Gasteiger partial charge in [0.15, 0.2) is 5.69 Å². The van der Waals surface area contributed by atoms with Crippen molar-refractivity contribution < 1.29 is 23.1 Å². The van der Waals surface area contributed by atoms with Crippen molar-refractivity contribution in [3.8, 4) is 0 Å². The molecule has 2 heterocycles. The molecule has 1 aliphatic heterocycles. The van der Waals surface area contributed by atoms with Crippen LogP contribution in [0.2, 0.25) is 5.02 Å². The maximum absolute atomic E-state index is 12.9. The van der Waals surface area contributed by atoms with Gasteiger partial charge in [-0.3, -0.25) is 4.79 Å². The molecule has 1 fully saturated rings. The van der Waals surface area contributed by atoms with Crippen molar-refractivity contribution in [3.63, 3.8) is 0 Å². The Balaban J connectivity index is 1.61. The lowest BCUT2D eigenvalue weighted by Crippen LogP contribution is -2.47. The molecule has 1 saturated heterocycles. The van der Waals surface area contributed by atoms with Crippen LogP contribution in [0, 0.1) is 13.8 Å². The number of aliphatic hydroxyl groups is 1. The summed E-state index contributed by atoms with van der Waals surface area (Å²) in [5.41, 5.74) is 0.212.